The lowest BCUT2D eigenvalue weighted by atomic mass is 9.96. The molecule has 0 radical (unpaired) electrons. The summed E-state index contributed by atoms with van der Waals surface area (Å²) in [5.74, 6) is 1.40. The molecule has 2 saturated heterocycles. The van der Waals surface area contributed by atoms with Gasteiger partial charge in [0.2, 0.25) is 5.91 Å². The van der Waals surface area contributed by atoms with Crippen LogP contribution in [0.5, 0.6) is 0 Å². The Morgan fingerprint density at radius 1 is 1.09 bits per heavy atom. The van der Waals surface area contributed by atoms with Crippen molar-refractivity contribution < 1.29 is 13.9 Å². The summed E-state index contributed by atoms with van der Waals surface area (Å²) in [6, 6.07) is 7.32. The maximum Gasteiger partial charge on any atom is 0.229 e. The zero-order valence-corrected chi connectivity index (χ0v) is 18.9. The molecule has 1 amide bonds. The van der Waals surface area contributed by atoms with Crippen molar-refractivity contribution in [1.82, 2.24) is 15.2 Å². The van der Waals surface area contributed by atoms with Crippen LogP contribution in [0.15, 0.2) is 34.9 Å². The number of rotatable bonds is 5. The highest BCUT2D eigenvalue weighted by Gasteiger charge is 2.28. The van der Waals surface area contributed by atoms with Gasteiger partial charge in [-0.3, -0.25) is 4.79 Å². The summed E-state index contributed by atoms with van der Waals surface area (Å²) in [4.78, 5) is 22.0. The van der Waals surface area contributed by atoms with Crippen molar-refractivity contribution >= 4 is 44.8 Å². The van der Waals surface area contributed by atoms with Crippen LogP contribution in [-0.4, -0.2) is 60.5 Å². The molecule has 2 aliphatic rings. The third-order valence-electron chi connectivity index (χ3n) is 5.70. The standard InChI is InChI=1S/C21H23ClN6O3S/c22-16-3-4-17(26-25-16)27-7-5-14(6-8-27)19(29)24-21-23-18(15-2-1-11-31-15)20(32-21)28-9-12-30-13-10-28/h1-4,11,14H,5-10,12-13H2,(H,23,24,29). The lowest BCUT2D eigenvalue weighted by Crippen LogP contribution is -2.38. The third-order valence-corrected chi connectivity index (χ3v) is 6.93. The Morgan fingerprint density at radius 3 is 2.59 bits per heavy atom. The zero-order valence-electron chi connectivity index (χ0n) is 17.4. The van der Waals surface area contributed by atoms with Crippen molar-refractivity contribution in [2.24, 2.45) is 5.92 Å². The van der Waals surface area contributed by atoms with Crippen LogP contribution in [0, 0.1) is 5.92 Å². The molecular weight excluding hydrogens is 452 g/mol. The van der Waals surface area contributed by atoms with E-state index in [1.807, 2.05) is 18.2 Å². The number of nitrogens with one attached hydrogen (secondary N) is 1. The van der Waals surface area contributed by atoms with Crippen LogP contribution in [0.25, 0.3) is 11.5 Å². The van der Waals surface area contributed by atoms with Crippen LogP contribution in [0.3, 0.4) is 0 Å². The molecule has 0 aromatic carbocycles. The lowest BCUT2D eigenvalue weighted by molar-refractivity contribution is -0.120. The fourth-order valence-electron chi connectivity index (χ4n) is 3.98. The Bertz CT molecular complexity index is 1040. The molecule has 3 aromatic heterocycles. The summed E-state index contributed by atoms with van der Waals surface area (Å²) in [7, 11) is 0. The molecule has 0 spiro atoms. The topological polar surface area (TPSA) is 96.6 Å². The first-order valence-corrected chi connectivity index (χ1v) is 11.8. The van der Waals surface area contributed by atoms with E-state index >= 15 is 0 Å². The van der Waals surface area contributed by atoms with E-state index in [0.717, 1.165) is 55.5 Å². The molecule has 0 unspecified atom stereocenters. The average molecular weight is 475 g/mol. The van der Waals surface area contributed by atoms with Gasteiger partial charge in [-0.05, 0) is 37.1 Å². The highest BCUT2D eigenvalue weighted by atomic mass is 35.5. The van der Waals surface area contributed by atoms with Crippen LogP contribution < -0.4 is 15.1 Å². The van der Waals surface area contributed by atoms with E-state index in [4.69, 9.17) is 25.7 Å². The van der Waals surface area contributed by atoms with Crippen molar-refractivity contribution in [2.75, 3.05) is 54.5 Å². The first-order chi connectivity index (χ1) is 15.7. The van der Waals surface area contributed by atoms with E-state index < -0.39 is 0 Å². The number of morpholine rings is 1. The second-order valence-corrected chi connectivity index (χ2v) is 9.08. The summed E-state index contributed by atoms with van der Waals surface area (Å²) < 4.78 is 11.1. The molecule has 32 heavy (non-hydrogen) atoms. The lowest BCUT2D eigenvalue weighted by Gasteiger charge is -2.31. The third kappa shape index (κ3) is 4.57. The van der Waals surface area contributed by atoms with Gasteiger partial charge in [0, 0.05) is 32.1 Å². The quantitative estimate of drug-likeness (QED) is 0.599. The van der Waals surface area contributed by atoms with E-state index in [1.54, 1.807) is 12.3 Å². The first-order valence-electron chi connectivity index (χ1n) is 10.6. The van der Waals surface area contributed by atoms with Crippen LogP contribution in [0.1, 0.15) is 12.8 Å². The maximum absolute atomic E-state index is 13.0. The fraction of sp³-hybridized carbons (Fsp3) is 0.429. The molecule has 9 nitrogen and oxygen atoms in total. The van der Waals surface area contributed by atoms with Gasteiger partial charge in [-0.15, -0.1) is 10.2 Å². The normalized spacial score (nSPS) is 17.5. The van der Waals surface area contributed by atoms with Crippen molar-refractivity contribution in [1.29, 1.82) is 0 Å². The molecule has 0 aliphatic carbocycles. The minimum Gasteiger partial charge on any atom is -0.463 e. The van der Waals surface area contributed by atoms with Crippen molar-refractivity contribution in [3.63, 3.8) is 0 Å². The molecule has 3 aromatic rings. The van der Waals surface area contributed by atoms with Crippen LogP contribution >= 0.6 is 22.9 Å². The molecule has 2 aliphatic heterocycles. The number of aromatic nitrogens is 3. The fourth-order valence-corrected chi connectivity index (χ4v) is 5.10. The van der Waals surface area contributed by atoms with Crippen molar-refractivity contribution in [2.45, 2.75) is 12.8 Å². The van der Waals surface area contributed by atoms with Gasteiger partial charge in [0.25, 0.3) is 0 Å². The maximum atomic E-state index is 13.0. The number of carbonyl (C=O) groups excluding carboxylic acids is 1. The predicted molar refractivity (Wildman–Crippen MR) is 123 cm³/mol. The minimum absolute atomic E-state index is 0.000104. The number of furan rings is 1. The van der Waals surface area contributed by atoms with E-state index in [2.05, 4.69) is 25.3 Å². The van der Waals surface area contributed by atoms with Gasteiger partial charge in [0.05, 0.1) is 19.5 Å². The number of thiazole rings is 1. The molecule has 5 heterocycles. The van der Waals surface area contributed by atoms with Crippen molar-refractivity contribution in [3.05, 3.63) is 35.7 Å². The Balaban J connectivity index is 1.26. The number of piperidine rings is 1. The van der Waals surface area contributed by atoms with Gasteiger partial charge in [-0.1, -0.05) is 22.9 Å². The van der Waals surface area contributed by atoms with Crippen LogP contribution in [0.4, 0.5) is 16.0 Å². The van der Waals surface area contributed by atoms with E-state index in [-0.39, 0.29) is 11.8 Å². The van der Waals surface area contributed by atoms with E-state index in [0.29, 0.717) is 29.3 Å². The minimum atomic E-state index is -0.0747. The average Bonchev–Trinajstić information content (AvgIpc) is 3.50. The second-order valence-electron chi connectivity index (χ2n) is 7.71. The Hall–Kier alpha value is -2.69. The molecule has 5 rings (SSSR count). The number of ether oxygens (including phenoxy) is 1. The zero-order chi connectivity index (χ0) is 21.9. The predicted octanol–water partition coefficient (Wildman–Crippen LogP) is 3.54. The molecule has 0 saturated carbocycles. The highest BCUT2D eigenvalue weighted by Crippen LogP contribution is 2.39. The summed E-state index contributed by atoms with van der Waals surface area (Å²) in [6.45, 7) is 4.40. The van der Waals surface area contributed by atoms with Crippen LogP contribution in [0.2, 0.25) is 5.15 Å². The molecule has 0 bridgehead atoms. The van der Waals surface area contributed by atoms with Gasteiger partial charge < -0.3 is 24.3 Å². The molecule has 1 N–H and O–H groups in total. The molecule has 11 heteroatoms. The highest BCUT2D eigenvalue weighted by molar-refractivity contribution is 7.20. The number of hydrogen-bond acceptors (Lipinski definition) is 9. The van der Waals surface area contributed by atoms with E-state index in [1.165, 1.54) is 11.3 Å². The number of anilines is 3. The second kappa shape index (κ2) is 9.43. The smallest absolute Gasteiger partial charge is 0.229 e. The number of nitrogens with zero attached hydrogens (tertiary/aromatic N) is 5. The Morgan fingerprint density at radius 2 is 1.91 bits per heavy atom. The number of carbonyl (C=O) groups is 1. The molecule has 168 valence electrons. The molecule has 2 fully saturated rings. The number of halogens is 1. The van der Waals surface area contributed by atoms with Gasteiger partial charge >= 0.3 is 0 Å². The van der Waals surface area contributed by atoms with Gasteiger partial charge in [-0.2, -0.15) is 0 Å². The first kappa shape index (κ1) is 21.2. The van der Waals surface area contributed by atoms with E-state index in [9.17, 15) is 4.79 Å². The Kier molecular flexibility index (Phi) is 6.24. The summed E-state index contributed by atoms with van der Waals surface area (Å²) in [5.41, 5.74) is 0.758. The van der Waals surface area contributed by atoms with Gasteiger partial charge in [0.1, 0.15) is 10.7 Å². The van der Waals surface area contributed by atoms with Gasteiger partial charge in [-0.25, -0.2) is 4.98 Å². The van der Waals surface area contributed by atoms with Crippen molar-refractivity contribution in [3.8, 4) is 11.5 Å². The molecular formula is C21H23ClN6O3S. The monoisotopic (exact) mass is 474 g/mol. The largest absolute Gasteiger partial charge is 0.463 e. The summed E-state index contributed by atoms with van der Waals surface area (Å²) >= 11 is 7.30. The summed E-state index contributed by atoms with van der Waals surface area (Å²) in [5, 5.41) is 13.0. The van der Waals surface area contributed by atoms with Crippen LogP contribution in [-0.2, 0) is 9.53 Å². The molecule has 0 atom stereocenters. The number of amides is 1. The number of hydrogen-bond donors (Lipinski definition) is 1. The SMILES string of the molecule is O=C(Nc1nc(-c2ccco2)c(N2CCOCC2)s1)C1CCN(c2ccc(Cl)nn2)CC1. The Labute approximate surface area is 194 Å². The van der Waals surface area contributed by atoms with Gasteiger partial charge in [0.15, 0.2) is 21.9 Å². The summed E-state index contributed by atoms with van der Waals surface area (Å²) in [6.07, 6.45) is 3.11.